The van der Waals surface area contributed by atoms with Gasteiger partial charge in [-0.25, -0.2) is 4.39 Å². The summed E-state index contributed by atoms with van der Waals surface area (Å²) in [5, 5.41) is 5.90. The summed E-state index contributed by atoms with van der Waals surface area (Å²) in [4.78, 5) is 11.6. The zero-order valence-corrected chi connectivity index (χ0v) is 11.8. The molecule has 112 valence electrons. The first kappa shape index (κ1) is 15.3. The van der Waals surface area contributed by atoms with Crippen LogP contribution in [0.1, 0.15) is 17.7 Å². The van der Waals surface area contributed by atoms with Crippen LogP contribution in [0, 0.1) is 5.82 Å². The molecule has 0 bridgehead atoms. The lowest BCUT2D eigenvalue weighted by Gasteiger charge is -2.06. The summed E-state index contributed by atoms with van der Waals surface area (Å²) in [5.41, 5.74) is 0.687. The van der Waals surface area contributed by atoms with Gasteiger partial charge in [0.2, 0.25) is 5.91 Å². The molecule has 0 saturated heterocycles. The third-order valence-electron chi connectivity index (χ3n) is 3.10. The summed E-state index contributed by atoms with van der Waals surface area (Å²) in [5.74, 6) is 0.510. The lowest BCUT2D eigenvalue weighted by Crippen LogP contribution is -2.28. The van der Waals surface area contributed by atoms with Crippen molar-refractivity contribution in [2.24, 2.45) is 0 Å². The molecule has 0 saturated carbocycles. The molecule has 0 radical (unpaired) electrons. The molecule has 0 spiro atoms. The third kappa shape index (κ3) is 5.39. The lowest BCUT2D eigenvalue weighted by molar-refractivity contribution is -0.121. The first-order valence-electron chi connectivity index (χ1n) is 6.99. The van der Waals surface area contributed by atoms with Crippen molar-refractivity contribution >= 4 is 5.91 Å². The first-order chi connectivity index (χ1) is 10.3. The second kappa shape index (κ2) is 8.21. The molecule has 2 aromatic rings. The number of amides is 1. The van der Waals surface area contributed by atoms with Crippen molar-refractivity contribution in [3.63, 3.8) is 0 Å². The number of furan rings is 1. The number of rotatable bonds is 8. The molecule has 0 aliphatic heterocycles. The average Bonchev–Trinajstić information content (AvgIpc) is 3.00. The second-order valence-corrected chi connectivity index (χ2v) is 4.70. The Balaban J connectivity index is 1.55. The minimum atomic E-state index is -0.185. The van der Waals surface area contributed by atoms with Crippen LogP contribution in [0.25, 0.3) is 0 Å². The van der Waals surface area contributed by atoms with Crippen LogP contribution in [0.4, 0.5) is 4.39 Å². The molecule has 21 heavy (non-hydrogen) atoms. The van der Waals surface area contributed by atoms with Crippen molar-refractivity contribution in [2.75, 3.05) is 13.1 Å². The van der Waals surface area contributed by atoms with Gasteiger partial charge in [-0.3, -0.25) is 4.79 Å². The largest absolute Gasteiger partial charge is 0.467 e. The van der Waals surface area contributed by atoms with Crippen molar-refractivity contribution in [2.45, 2.75) is 19.4 Å². The van der Waals surface area contributed by atoms with Crippen molar-refractivity contribution in [1.29, 1.82) is 0 Å². The fourth-order valence-electron chi connectivity index (χ4n) is 1.94. The van der Waals surface area contributed by atoms with Crippen LogP contribution >= 0.6 is 0 Å². The number of hydrogen-bond acceptors (Lipinski definition) is 3. The molecule has 0 unspecified atom stereocenters. The zero-order chi connectivity index (χ0) is 14.9. The molecule has 1 aromatic heterocycles. The van der Waals surface area contributed by atoms with E-state index in [9.17, 15) is 9.18 Å². The minimum Gasteiger partial charge on any atom is -0.467 e. The van der Waals surface area contributed by atoms with Gasteiger partial charge in [-0.1, -0.05) is 18.2 Å². The van der Waals surface area contributed by atoms with Gasteiger partial charge in [0, 0.05) is 13.0 Å². The monoisotopic (exact) mass is 290 g/mol. The molecule has 4 nitrogen and oxygen atoms in total. The first-order valence-corrected chi connectivity index (χ1v) is 6.99. The van der Waals surface area contributed by atoms with Gasteiger partial charge in [0.05, 0.1) is 12.8 Å². The maximum Gasteiger partial charge on any atom is 0.221 e. The van der Waals surface area contributed by atoms with E-state index >= 15 is 0 Å². The minimum absolute atomic E-state index is 0.0372. The van der Waals surface area contributed by atoms with Gasteiger partial charge in [0.15, 0.2) is 0 Å². The van der Waals surface area contributed by atoms with E-state index in [1.807, 2.05) is 12.1 Å². The Morgan fingerprint density at radius 1 is 1.14 bits per heavy atom. The molecule has 2 rings (SSSR count). The molecule has 0 aliphatic rings. The highest BCUT2D eigenvalue weighted by Crippen LogP contribution is 2.06. The van der Waals surface area contributed by atoms with Crippen molar-refractivity contribution in [3.05, 3.63) is 59.8 Å². The standard InChI is InChI=1S/C16H19FN2O2/c17-15-6-2-1-4-13(15)7-9-18-10-8-16(20)19-12-14-5-3-11-21-14/h1-6,11,18H,7-10,12H2,(H,19,20). The number of halogens is 1. The summed E-state index contributed by atoms with van der Waals surface area (Å²) in [6, 6.07) is 10.3. The Labute approximate surface area is 123 Å². The Morgan fingerprint density at radius 3 is 2.76 bits per heavy atom. The third-order valence-corrected chi connectivity index (χ3v) is 3.10. The normalized spacial score (nSPS) is 10.5. The van der Waals surface area contributed by atoms with Gasteiger partial charge >= 0.3 is 0 Å². The van der Waals surface area contributed by atoms with Gasteiger partial charge in [0.25, 0.3) is 0 Å². The predicted molar refractivity (Wildman–Crippen MR) is 78.1 cm³/mol. The van der Waals surface area contributed by atoms with Crippen LogP contribution in [0.2, 0.25) is 0 Å². The van der Waals surface area contributed by atoms with Crippen LogP contribution in [0.5, 0.6) is 0 Å². The maximum absolute atomic E-state index is 13.4. The molecule has 1 heterocycles. The average molecular weight is 290 g/mol. The molecular weight excluding hydrogens is 271 g/mol. The topological polar surface area (TPSA) is 54.3 Å². The molecular formula is C16H19FN2O2. The summed E-state index contributed by atoms with van der Waals surface area (Å²) >= 11 is 0. The highest BCUT2D eigenvalue weighted by molar-refractivity contribution is 5.75. The number of benzene rings is 1. The molecule has 2 N–H and O–H groups in total. The van der Waals surface area contributed by atoms with Gasteiger partial charge in [-0.15, -0.1) is 0 Å². The maximum atomic E-state index is 13.4. The van der Waals surface area contributed by atoms with Gasteiger partial charge in [-0.05, 0) is 36.7 Å². The van der Waals surface area contributed by atoms with Crippen LogP contribution < -0.4 is 10.6 Å². The molecule has 1 amide bonds. The Morgan fingerprint density at radius 2 is 2.00 bits per heavy atom. The highest BCUT2D eigenvalue weighted by Gasteiger charge is 2.03. The van der Waals surface area contributed by atoms with Crippen molar-refractivity contribution < 1.29 is 13.6 Å². The van der Waals surface area contributed by atoms with Gasteiger partial charge < -0.3 is 15.1 Å². The van der Waals surface area contributed by atoms with Crippen LogP contribution in [0.3, 0.4) is 0 Å². The smallest absolute Gasteiger partial charge is 0.221 e. The van der Waals surface area contributed by atoms with E-state index in [-0.39, 0.29) is 11.7 Å². The van der Waals surface area contributed by atoms with E-state index in [4.69, 9.17) is 4.42 Å². The van der Waals surface area contributed by atoms with E-state index in [0.717, 1.165) is 5.76 Å². The van der Waals surface area contributed by atoms with Crippen LogP contribution in [-0.4, -0.2) is 19.0 Å². The molecule has 0 aliphatic carbocycles. The summed E-state index contributed by atoms with van der Waals surface area (Å²) < 4.78 is 18.5. The molecule has 1 aromatic carbocycles. The quantitative estimate of drug-likeness (QED) is 0.733. The number of carbonyl (C=O) groups is 1. The SMILES string of the molecule is O=C(CCNCCc1ccccc1F)NCc1ccco1. The fourth-order valence-corrected chi connectivity index (χ4v) is 1.94. The molecule has 0 fully saturated rings. The second-order valence-electron chi connectivity index (χ2n) is 4.70. The van der Waals surface area contributed by atoms with Gasteiger partial charge in [0.1, 0.15) is 11.6 Å². The fraction of sp³-hybridized carbons (Fsp3) is 0.312. The van der Waals surface area contributed by atoms with E-state index < -0.39 is 0 Å². The highest BCUT2D eigenvalue weighted by atomic mass is 19.1. The number of nitrogens with one attached hydrogen (secondary N) is 2. The lowest BCUT2D eigenvalue weighted by atomic mass is 10.1. The van der Waals surface area contributed by atoms with E-state index in [1.165, 1.54) is 6.07 Å². The predicted octanol–water partition coefficient (Wildman–Crippen LogP) is 2.26. The van der Waals surface area contributed by atoms with Crippen LogP contribution in [-0.2, 0) is 17.8 Å². The van der Waals surface area contributed by atoms with E-state index in [0.29, 0.717) is 38.0 Å². The van der Waals surface area contributed by atoms with Crippen LogP contribution in [0.15, 0.2) is 47.1 Å². The Bertz CT molecular complexity index is 555. The van der Waals surface area contributed by atoms with Crippen molar-refractivity contribution in [3.8, 4) is 0 Å². The molecule has 0 atom stereocenters. The Kier molecular flexibility index (Phi) is 5.97. The summed E-state index contributed by atoms with van der Waals surface area (Å²) in [6.07, 6.45) is 2.57. The van der Waals surface area contributed by atoms with Crippen molar-refractivity contribution in [1.82, 2.24) is 10.6 Å². The number of carbonyl (C=O) groups excluding carboxylic acids is 1. The summed E-state index contributed by atoms with van der Waals surface area (Å²) in [6.45, 7) is 1.62. The summed E-state index contributed by atoms with van der Waals surface area (Å²) in [7, 11) is 0. The zero-order valence-electron chi connectivity index (χ0n) is 11.8. The van der Waals surface area contributed by atoms with E-state index in [2.05, 4.69) is 10.6 Å². The van der Waals surface area contributed by atoms with Gasteiger partial charge in [-0.2, -0.15) is 0 Å². The number of hydrogen-bond donors (Lipinski definition) is 2. The van der Waals surface area contributed by atoms with E-state index in [1.54, 1.807) is 24.5 Å². The molecule has 5 heteroatoms. The Hall–Kier alpha value is -2.14.